The Hall–Kier alpha value is -3.75. The van der Waals surface area contributed by atoms with Gasteiger partial charge in [-0.25, -0.2) is 0 Å². The van der Waals surface area contributed by atoms with Gasteiger partial charge in [-0.2, -0.15) is 0 Å². The van der Waals surface area contributed by atoms with Gasteiger partial charge in [0.1, 0.15) is 19.1 Å². The lowest BCUT2D eigenvalue weighted by molar-refractivity contribution is -0.157. The molecule has 1 aliphatic rings. The fourth-order valence-electron chi connectivity index (χ4n) is 5.10. The van der Waals surface area contributed by atoms with E-state index >= 15 is 0 Å². The summed E-state index contributed by atoms with van der Waals surface area (Å²) in [6.07, 6.45) is 6.33. The first-order valence-corrected chi connectivity index (χ1v) is 14.6. The highest BCUT2D eigenvalue weighted by Gasteiger charge is 2.39. The van der Waals surface area contributed by atoms with Crippen molar-refractivity contribution in [2.45, 2.75) is 64.8 Å². The Morgan fingerprint density at radius 3 is 2.12 bits per heavy atom. The van der Waals surface area contributed by atoms with E-state index in [0.29, 0.717) is 36.8 Å². The summed E-state index contributed by atoms with van der Waals surface area (Å²) in [5, 5.41) is 2.90. The summed E-state index contributed by atoms with van der Waals surface area (Å²) >= 11 is 0. The molecule has 9 heteroatoms. The van der Waals surface area contributed by atoms with E-state index in [0.717, 1.165) is 55.2 Å². The minimum absolute atomic E-state index is 0.0671. The van der Waals surface area contributed by atoms with Gasteiger partial charge in [0, 0.05) is 19.5 Å². The van der Waals surface area contributed by atoms with Crippen molar-refractivity contribution in [2.24, 2.45) is 0 Å². The van der Waals surface area contributed by atoms with E-state index in [9.17, 15) is 14.4 Å². The fourth-order valence-corrected chi connectivity index (χ4v) is 5.10. The van der Waals surface area contributed by atoms with Gasteiger partial charge in [0.15, 0.2) is 11.5 Å². The quantitative estimate of drug-likeness (QED) is 0.301. The van der Waals surface area contributed by atoms with E-state index < -0.39 is 6.04 Å². The number of rotatable bonds is 16. The lowest BCUT2D eigenvalue weighted by Crippen LogP contribution is -2.62. The molecule has 0 bridgehead atoms. The van der Waals surface area contributed by atoms with Crippen molar-refractivity contribution in [3.05, 3.63) is 42.0 Å². The van der Waals surface area contributed by atoms with Crippen LogP contribution in [0.1, 0.15) is 57.9 Å². The molecule has 224 valence electrons. The van der Waals surface area contributed by atoms with Crippen LogP contribution in [0.4, 0.5) is 0 Å². The zero-order valence-corrected chi connectivity index (χ0v) is 25.2. The van der Waals surface area contributed by atoms with Crippen LogP contribution in [0.25, 0.3) is 11.1 Å². The SMILES string of the molecule is CCCCCCNC(=O)CN1CC(=O)N(CCCC)[C@H](Cc2ccc(-c3cc(OC)c(OC)c(OC)c3)cc2)C1=O. The molecule has 1 aliphatic heterocycles. The van der Waals surface area contributed by atoms with Crippen molar-refractivity contribution in [2.75, 3.05) is 47.5 Å². The van der Waals surface area contributed by atoms with Gasteiger partial charge in [-0.1, -0.05) is 63.8 Å². The van der Waals surface area contributed by atoms with E-state index in [2.05, 4.69) is 19.2 Å². The Morgan fingerprint density at radius 1 is 0.878 bits per heavy atom. The second-order valence-electron chi connectivity index (χ2n) is 10.4. The van der Waals surface area contributed by atoms with E-state index in [1.165, 1.54) is 4.90 Å². The van der Waals surface area contributed by atoms with Crippen LogP contribution in [-0.2, 0) is 20.8 Å². The van der Waals surface area contributed by atoms with Crippen molar-refractivity contribution in [3.63, 3.8) is 0 Å². The summed E-state index contributed by atoms with van der Waals surface area (Å²) in [5.74, 6) is 1.13. The minimum Gasteiger partial charge on any atom is -0.493 e. The second kappa shape index (κ2) is 15.9. The largest absolute Gasteiger partial charge is 0.493 e. The van der Waals surface area contributed by atoms with Crippen LogP contribution in [0.15, 0.2) is 36.4 Å². The van der Waals surface area contributed by atoms with Crippen molar-refractivity contribution >= 4 is 17.7 Å². The number of carbonyl (C=O) groups is 3. The Kier molecular flexibility index (Phi) is 12.3. The average Bonchev–Trinajstić information content (AvgIpc) is 2.98. The number of piperazine rings is 1. The van der Waals surface area contributed by atoms with Gasteiger partial charge >= 0.3 is 0 Å². The van der Waals surface area contributed by atoms with Gasteiger partial charge in [0.2, 0.25) is 23.5 Å². The molecule has 0 unspecified atom stereocenters. The Labute approximate surface area is 244 Å². The molecule has 41 heavy (non-hydrogen) atoms. The Morgan fingerprint density at radius 2 is 1.54 bits per heavy atom. The number of nitrogens with one attached hydrogen (secondary N) is 1. The molecule has 0 spiro atoms. The van der Waals surface area contributed by atoms with Crippen LogP contribution in [0.3, 0.4) is 0 Å². The molecule has 0 saturated carbocycles. The summed E-state index contributed by atoms with van der Waals surface area (Å²) in [6.45, 7) is 5.14. The lowest BCUT2D eigenvalue weighted by Gasteiger charge is -2.40. The third kappa shape index (κ3) is 8.38. The standard InChI is InChI=1S/C32H45N3O6/c1-6-8-10-11-16-33-29(36)21-34-22-30(37)35(17-9-7-2)26(32(34)38)18-23-12-14-24(15-13-23)25-19-27(39-3)31(41-5)28(20-25)40-4/h12-15,19-20,26H,6-11,16-18,21-22H2,1-5H3,(H,33,36)/t26-/m1/s1. The molecule has 0 aliphatic carbocycles. The maximum atomic E-state index is 13.6. The zero-order valence-electron chi connectivity index (χ0n) is 25.2. The Balaban J connectivity index is 1.76. The first kappa shape index (κ1) is 31.8. The molecule has 0 aromatic heterocycles. The van der Waals surface area contributed by atoms with Crippen LogP contribution in [0, 0.1) is 0 Å². The number of ether oxygens (including phenoxy) is 3. The number of hydrogen-bond acceptors (Lipinski definition) is 6. The first-order valence-electron chi connectivity index (χ1n) is 14.6. The molecule has 1 N–H and O–H groups in total. The van der Waals surface area contributed by atoms with Gasteiger partial charge in [-0.3, -0.25) is 14.4 Å². The van der Waals surface area contributed by atoms with Crippen molar-refractivity contribution in [3.8, 4) is 28.4 Å². The fraction of sp³-hybridized carbons (Fsp3) is 0.531. The number of amides is 3. The summed E-state index contributed by atoms with van der Waals surface area (Å²) in [5.41, 5.74) is 2.77. The van der Waals surface area contributed by atoms with Crippen LogP contribution in [-0.4, -0.2) is 81.1 Å². The van der Waals surface area contributed by atoms with Crippen LogP contribution in [0.2, 0.25) is 0 Å². The number of carbonyl (C=O) groups excluding carboxylic acids is 3. The van der Waals surface area contributed by atoms with Crippen molar-refractivity contribution < 1.29 is 28.6 Å². The molecule has 1 atom stereocenters. The van der Waals surface area contributed by atoms with Crippen LogP contribution < -0.4 is 19.5 Å². The molecule has 2 aromatic carbocycles. The topological polar surface area (TPSA) is 97.4 Å². The molecule has 1 fully saturated rings. The smallest absolute Gasteiger partial charge is 0.246 e. The molecule has 2 aromatic rings. The summed E-state index contributed by atoms with van der Waals surface area (Å²) < 4.78 is 16.4. The van der Waals surface area contributed by atoms with Crippen LogP contribution in [0.5, 0.6) is 17.2 Å². The van der Waals surface area contributed by atoms with Gasteiger partial charge in [0.25, 0.3) is 0 Å². The maximum Gasteiger partial charge on any atom is 0.246 e. The third-order valence-electron chi connectivity index (χ3n) is 7.44. The molecule has 1 heterocycles. The van der Waals surface area contributed by atoms with Gasteiger partial charge < -0.3 is 29.3 Å². The average molecular weight is 568 g/mol. The highest BCUT2D eigenvalue weighted by molar-refractivity contribution is 5.97. The maximum absolute atomic E-state index is 13.6. The lowest BCUT2D eigenvalue weighted by atomic mass is 9.97. The van der Waals surface area contributed by atoms with Crippen molar-refractivity contribution in [1.29, 1.82) is 0 Å². The normalized spacial score (nSPS) is 15.2. The predicted octanol–water partition coefficient (Wildman–Crippen LogP) is 4.46. The van der Waals surface area contributed by atoms with Gasteiger partial charge in [-0.05, 0) is 41.7 Å². The number of benzene rings is 2. The molecule has 3 rings (SSSR count). The molecule has 9 nitrogen and oxygen atoms in total. The summed E-state index contributed by atoms with van der Waals surface area (Å²) in [7, 11) is 4.73. The van der Waals surface area contributed by atoms with Gasteiger partial charge in [0.05, 0.1) is 21.3 Å². The number of nitrogens with zero attached hydrogens (tertiary/aromatic N) is 2. The van der Waals surface area contributed by atoms with Crippen LogP contribution >= 0.6 is 0 Å². The second-order valence-corrected chi connectivity index (χ2v) is 10.4. The minimum atomic E-state index is -0.646. The number of unbranched alkanes of at least 4 members (excludes halogenated alkanes) is 4. The number of methoxy groups -OCH3 is 3. The van der Waals surface area contributed by atoms with E-state index in [4.69, 9.17) is 14.2 Å². The highest BCUT2D eigenvalue weighted by Crippen LogP contribution is 2.41. The van der Waals surface area contributed by atoms with Crippen molar-refractivity contribution in [1.82, 2.24) is 15.1 Å². The summed E-state index contributed by atoms with van der Waals surface area (Å²) in [6, 6.07) is 11.0. The van der Waals surface area contributed by atoms with E-state index in [1.54, 1.807) is 26.2 Å². The van der Waals surface area contributed by atoms with Gasteiger partial charge in [-0.15, -0.1) is 0 Å². The van der Waals surface area contributed by atoms with E-state index in [1.807, 2.05) is 36.4 Å². The third-order valence-corrected chi connectivity index (χ3v) is 7.44. The molecular weight excluding hydrogens is 522 g/mol. The molecule has 0 radical (unpaired) electrons. The molecule has 3 amide bonds. The number of hydrogen-bond donors (Lipinski definition) is 1. The molecular formula is C32H45N3O6. The highest BCUT2D eigenvalue weighted by atomic mass is 16.5. The zero-order chi connectivity index (χ0) is 29.8. The molecule has 1 saturated heterocycles. The Bertz CT molecular complexity index is 1140. The first-order chi connectivity index (χ1) is 19.9. The van der Waals surface area contributed by atoms with E-state index in [-0.39, 0.29) is 30.8 Å². The predicted molar refractivity (Wildman–Crippen MR) is 159 cm³/mol. The summed E-state index contributed by atoms with van der Waals surface area (Å²) in [4.78, 5) is 42.4. The monoisotopic (exact) mass is 567 g/mol.